The van der Waals surface area contributed by atoms with Gasteiger partial charge in [0.15, 0.2) is 0 Å². The van der Waals surface area contributed by atoms with Crippen LogP contribution in [0.5, 0.6) is 0 Å². The molecule has 0 spiro atoms. The first-order valence-electron chi connectivity index (χ1n) is 5.60. The second kappa shape index (κ2) is 3.10. The number of fused-ring (bicyclic) bond motifs is 5. The number of H-pyrrole nitrogens is 1. The van der Waals surface area contributed by atoms with E-state index in [1.807, 2.05) is 18.4 Å². The molecule has 0 saturated heterocycles. The Morgan fingerprint density at radius 2 is 2.18 bits per heavy atom. The van der Waals surface area contributed by atoms with Gasteiger partial charge in [-0.05, 0) is 17.7 Å². The van der Waals surface area contributed by atoms with E-state index in [0.29, 0.717) is 0 Å². The fourth-order valence-electron chi connectivity index (χ4n) is 2.52. The van der Waals surface area contributed by atoms with E-state index in [0.717, 1.165) is 16.9 Å². The summed E-state index contributed by atoms with van der Waals surface area (Å²) in [5, 5.41) is 1.26. The normalized spacial score (nSPS) is 20.7. The zero-order chi connectivity index (χ0) is 11.2. The predicted octanol–water partition coefficient (Wildman–Crippen LogP) is 3.07. The number of para-hydroxylation sites is 1. The van der Waals surface area contributed by atoms with E-state index in [9.17, 15) is 0 Å². The van der Waals surface area contributed by atoms with Crippen molar-refractivity contribution in [1.29, 1.82) is 0 Å². The lowest BCUT2D eigenvalue weighted by atomic mass is 9.91. The maximum atomic E-state index is 5.18. The first-order valence-corrected chi connectivity index (χ1v) is 5.60. The Morgan fingerprint density at radius 3 is 3.18 bits per heavy atom. The standard InChI is InChI=1S/C14H10N2O/c1-2-4-11-9(3-1)14-10-5-6-17-8-13(10)15-7-12(14)16-11/h1-8,10,16H. The van der Waals surface area contributed by atoms with Crippen LogP contribution in [0.4, 0.5) is 0 Å². The van der Waals surface area contributed by atoms with Gasteiger partial charge in [-0.3, -0.25) is 4.99 Å². The van der Waals surface area contributed by atoms with Gasteiger partial charge >= 0.3 is 0 Å². The van der Waals surface area contributed by atoms with Crippen LogP contribution >= 0.6 is 0 Å². The molecule has 82 valence electrons. The molecule has 3 heteroatoms. The second-order valence-electron chi connectivity index (χ2n) is 4.24. The van der Waals surface area contributed by atoms with Crippen LogP contribution in [0.15, 0.2) is 53.6 Å². The molecule has 1 N–H and O–H groups in total. The molecule has 1 aromatic carbocycles. The van der Waals surface area contributed by atoms with Crippen molar-refractivity contribution in [2.45, 2.75) is 5.92 Å². The Labute approximate surface area is 98.1 Å². The summed E-state index contributed by atoms with van der Waals surface area (Å²) < 4.78 is 5.18. The van der Waals surface area contributed by atoms with Crippen molar-refractivity contribution in [3.8, 4) is 0 Å². The quantitative estimate of drug-likeness (QED) is 0.730. The van der Waals surface area contributed by atoms with Crippen LogP contribution in [0.1, 0.15) is 17.2 Å². The van der Waals surface area contributed by atoms with Gasteiger partial charge in [0.1, 0.15) is 6.26 Å². The fraction of sp³-hybridized carbons (Fsp3) is 0.0714. The maximum absolute atomic E-state index is 5.18. The van der Waals surface area contributed by atoms with Crippen LogP contribution in [-0.2, 0) is 4.74 Å². The molecule has 2 aliphatic heterocycles. The Bertz CT molecular complexity index is 691. The topological polar surface area (TPSA) is 37.4 Å². The van der Waals surface area contributed by atoms with Gasteiger partial charge in [0, 0.05) is 10.9 Å². The highest BCUT2D eigenvalue weighted by Gasteiger charge is 2.26. The summed E-state index contributed by atoms with van der Waals surface area (Å²) in [5.41, 5.74) is 4.51. The Morgan fingerprint density at radius 1 is 1.24 bits per heavy atom. The molecule has 17 heavy (non-hydrogen) atoms. The van der Waals surface area contributed by atoms with Crippen molar-refractivity contribution in [2.75, 3.05) is 0 Å². The summed E-state index contributed by atoms with van der Waals surface area (Å²) in [6.45, 7) is 0. The van der Waals surface area contributed by atoms with Crippen molar-refractivity contribution in [3.05, 3.63) is 59.8 Å². The first-order chi connectivity index (χ1) is 8.43. The number of aromatic amines is 1. The molecule has 0 aliphatic carbocycles. The average molecular weight is 222 g/mol. The van der Waals surface area contributed by atoms with Gasteiger partial charge in [0.2, 0.25) is 0 Å². The second-order valence-corrected chi connectivity index (χ2v) is 4.24. The van der Waals surface area contributed by atoms with Gasteiger partial charge in [0.25, 0.3) is 0 Å². The number of hydrogen-bond donors (Lipinski definition) is 1. The van der Waals surface area contributed by atoms with Crippen LogP contribution in [0.25, 0.3) is 10.9 Å². The molecule has 1 unspecified atom stereocenters. The van der Waals surface area contributed by atoms with Crippen LogP contribution in [-0.4, -0.2) is 11.2 Å². The van der Waals surface area contributed by atoms with Crippen molar-refractivity contribution in [2.24, 2.45) is 4.99 Å². The summed E-state index contributed by atoms with van der Waals surface area (Å²) >= 11 is 0. The highest BCUT2D eigenvalue weighted by Crippen LogP contribution is 2.38. The number of aromatic nitrogens is 1. The maximum Gasteiger partial charge on any atom is 0.113 e. The molecule has 1 aromatic heterocycles. The SMILES string of the molecule is C1=CC2C(=CO1)N=Cc1[nH]c3ccccc3c12. The molecule has 0 fully saturated rings. The molecule has 4 rings (SSSR count). The summed E-state index contributed by atoms with van der Waals surface area (Å²) in [6.07, 6.45) is 7.36. The van der Waals surface area contributed by atoms with Gasteiger partial charge in [-0.25, -0.2) is 0 Å². The molecule has 3 heterocycles. The number of aliphatic imine (C=N–C) groups is 1. The minimum atomic E-state index is 0.208. The van der Waals surface area contributed by atoms with Crippen molar-refractivity contribution in [1.82, 2.24) is 4.98 Å². The van der Waals surface area contributed by atoms with Crippen molar-refractivity contribution < 1.29 is 4.74 Å². The van der Waals surface area contributed by atoms with Crippen LogP contribution in [0, 0.1) is 0 Å². The minimum absolute atomic E-state index is 0.208. The van der Waals surface area contributed by atoms with Crippen molar-refractivity contribution in [3.63, 3.8) is 0 Å². The highest BCUT2D eigenvalue weighted by atomic mass is 16.5. The van der Waals surface area contributed by atoms with E-state index in [1.165, 1.54) is 10.9 Å². The monoisotopic (exact) mass is 222 g/mol. The number of nitrogens with one attached hydrogen (secondary N) is 1. The Kier molecular flexibility index (Phi) is 1.61. The van der Waals surface area contributed by atoms with Gasteiger partial charge in [0.05, 0.1) is 29.8 Å². The van der Waals surface area contributed by atoms with Crippen molar-refractivity contribution >= 4 is 17.1 Å². The number of hydrogen-bond acceptors (Lipinski definition) is 2. The third kappa shape index (κ3) is 1.13. The number of ether oxygens (including phenoxy) is 1. The lowest BCUT2D eigenvalue weighted by Crippen LogP contribution is -2.09. The largest absolute Gasteiger partial charge is 0.471 e. The van der Waals surface area contributed by atoms with E-state index in [4.69, 9.17) is 4.74 Å². The smallest absolute Gasteiger partial charge is 0.113 e. The van der Waals surface area contributed by atoms with Crippen LogP contribution in [0.2, 0.25) is 0 Å². The van der Waals surface area contributed by atoms with Gasteiger partial charge in [-0.2, -0.15) is 0 Å². The van der Waals surface area contributed by atoms with Gasteiger partial charge < -0.3 is 9.72 Å². The average Bonchev–Trinajstić information content (AvgIpc) is 2.77. The molecule has 0 amide bonds. The minimum Gasteiger partial charge on any atom is -0.471 e. The number of benzene rings is 1. The molecule has 0 radical (unpaired) electrons. The molecule has 1 atom stereocenters. The summed E-state index contributed by atoms with van der Waals surface area (Å²) in [4.78, 5) is 7.81. The molecule has 0 saturated carbocycles. The third-order valence-electron chi connectivity index (χ3n) is 3.29. The zero-order valence-corrected chi connectivity index (χ0v) is 9.05. The molecule has 2 aromatic rings. The van der Waals surface area contributed by atoms with Gasteiger partial charge in [-0.1, -0.05) is 18.2 Å². The Balaban J connectivity index is 2.07. The molecular formula is C14H10N2O. The van der Waals surface area contributed by atoms with E-state index >= 15 is 0 Å². The molecule has 3 nitrogen and oxygen atoms in total. The Hall–Kier alpha value is -2.29. The molecule has 2 aliphatic rings. The lowest BCUT2D eigenvalue weighted by molar-refractivity contribution is 0.382. The van der Waals surface area contributed by atoms with E-state index in [2.05, 4.69) is 28.2 Å². The molecular weight excluding hydrogens is 212 g/mol. The summed E-state index contributed by atoms with van der Waals surface area (Å²) in [5.74, 6) is 0.208. The van der Waals surface area contributed by atoms with Crippen LogP contribution < -0.4 is 0 Å². The molecule has 0 bridgehead atoms. The number of allylic oxidation sites excluding steroid dienone is 1. The lowest BCUT2D eigenvalue weighted by Gasteiger charge is -2.20. The van der Waals surface area contributed by atoms with E-state index in [-0.39, 0.29) is 5.92 Å². The predicted molar refractivity (Wildman–Crippen MR) is 66.9 cm³/mol. The van der Waals surface area contributed by atoms with E-state index < -0.39 is 0 Å². The van der Waals surface area contributed by atoms with E-state index in [1.54, 1.807) is 12.5 Å². The number of nitrogens with zero attached hydrogens (tertiary/aromatic N) is 1. The fourth-order valence-corrected chi connectivity index (χ4v) is 2.52. The number of rotatable bonds is 0. The van der Waals surface area contributed by atoms with Gasteiger partial charge in [-0.15, -0.1) is 0 Å². The summed E-state index contributed by atoms with van der Waals surface area (Å²) in [7, 11) is 0. The first kappa shape index (κ1) is 8.82. The summed E-state index contributed by atoms with van der Waals surface area (Å²) in [6, 6.07) is 8.34. The third-order valence-corrected chi connectivity index (χ3v) is 3.29. The highest BCUT2D eigenvalue weighted by molar-refractivity contribution is 5.96. The van der Waals surface area contributed by atoms with Crippen LogP contribution in [0.3, 0.4) is 0 Å². The zero-order valence-electron chi connectivity index (χ0n) is 9.05.